The largest absolute Gasteiger partial charge is 0.326 e. The maximum atomic E-state index is 11.8. The Bertz CT molecular complexity index is 607. The van der Waals surface area contributed by atoms with Gasteiger partial charge in [0.1, 0.15) is 0 Å². The first-order chi connectivity index (χ1) is 9.17. The summed E-state index contributed by atoms with van der Waals surface area (Å²) in [5, 5.41) is 11.5. The molecule has 1 amide bonds. The quantitative estimate of drug-likeness (QED) is 0.910. The number of hydrogen-bond donors (Lipinski definition) is 1. The highest BCUT2D eigenvalue weighted by Gasteiger charge is 2.04. The van der Waals surface area contributed by atoms with Gasteiger partial charge in [-0.05, 0) is 36.8 Å². The van der Waals surface area contributed by atoms with E-state index in [1.807, 2.05) is 31.2 Å². The van der Waals surface area contributed by atoms with E-state index in [0.29, 0.717) is 12.0 Å². The lowest BCUT2D eigenvalue weighted by molar-refractivity contribution is -0.115. The second-order valence-electron chi connectivity index (χ2n) is 4.40. The van der Waals surface area contributed by atoms with E-state index in [9.17, 15) is 4.79 Å². The lowest BCUT2D eigenvalue weighted by Crippen LogP contribution is -2.14. The van der Waals surface area contributed by atoms with E-state index in [2.05, 4.69) is 11.4 Å². The van der Waals surface area contributed by atoms with Gasteiger partial charge in [0.05, 0.1) is 18.1 Å². The number of nitrogens with one attached hydrogen (secondary N) is 1. The third-order valence-electron chi connectivity index (χ3n) is 2.78. The first kappa shape index (κ1) is 12.8. The SMILES string of the molecule is Cc1ccc(NC(=O)Cc2ccc(C#N)cc2)cc1. The maximum Gasteiger partial charge on any atom is 0.228 e. The summed E-state index contributed by atoms with van der Waals surface area (Å²) in [7, 11) is 0. The van der Waals surface area contributed by atoms with Gasteiger partial charge < -0.3 is 5.32 Å². The summed E-state index contributed by atoms with van der Waals surface area (Å²) < 4.78 is 0. The van der Waals surface area contributed by atoms with Crippen LogP contribution in [0, 0.1) is 18.3 Å². The first-order valence-electron chi connectivity index (χ1n) is 6.03. The van der Waals surface area contributed by atoms with Gasteiger partial charge in [-0.1, -0.05) is 29.8 Å². The Morgan fingerprint density at radius 2 is 1.74 bits per heavy atom. The van der Waals surface area contributed by atoms with Crippen LogP contribution in [0.1, 0.15) is 16.7 Å². The van der Waals surface area contributed by atoms with Crippen LogP contribution in [0.25, 0.3) is 0 Å². The van der Waals surface area contributed by atoms with Crippen molar-refractivity contribution in [2.24, 2.45) is 0 Å². The van der Waals surface area contributed by atoms with Crippen LogP contribution in [0.4, 0.5) is 5.69 Å². The van der Waals surface area contributed by atoms with Gasteiger partial charge in [-0.25, -0.2) is 0 Å². The minimum absolute atomic E-state index is 0.0615. The molecule has 2 aromatic rings. The molecule has 0 bridgehead atoms. The van der Waals surface area contributed by atoms with E-state index in [-0.39, 0.29) is 5.91 Å². The zero-order valence-electron chi connectivity index (χ0n) is 10.7. The van der Waals surface area contributed by atoms with Crippen LogP contribution < -0.4 is 5.32 Å². The second-order valence-corrected chi connectivity index (χ2v) is 4.40. The minimum Gasteiger partial charge on any atom is -0.326 e. The van der Waals surface area contributed by atoms with Crippen LogP contribution in [0.15, 0.2) is 48.5 Å². The van der Waals surface area contributed by atoms with Gasteiger partial charge in [0.15, 0.2) is 0 Å². The lowest BCUT2D eigenvalue weighted by atomic mass is 10.1. The number of nitrogens with zero attached hydrogens (tertiary/aromatic N) is 1. The summed E-state index contributed by atoms with van der Waals surface area (Å²) in [5.41, 5.74) is 3.45. The van der Waals surface area contributed by atoms with Crippen molar-refractivity contribution in [2.75, 3.05) is 5.32 Å². The Balaban J connectivity index is 1.97. The first-order valence-corrected chi connectivity index (χ1v) is 6.03. The third-order valence-corrected chi connectivity index (χ3v) is 2.78. The average Bonchev–Trinajstić information content (AvgIpc) is 2.42. The van der Waals surface area contributed by atoms with Crippen molar-refractivity contribution >= 4 is 11.6 Å². The summed E-state index contributed by atoms with van der Waals surface area (Å²) in [4.78, 5) is 11.8. The molecule has 0 unspecified atom stereocenters. The molecule has 0 heterocycles. The fourth-order valence-corrected chi connectivity index (χ4v) is 1.72. The van der Waals surface area contributed by atoms with E-state index >= 15 is 0 Å². The number of nitriles is 1. The van der Waals surface area contributed by atoms with E-state index < -0.39 is 0 Å². The van der Waals surface area contributed by atoms with Crippen molar-refractivity contribution in [3.63, 3.8) is 0 Å². The molecular weight excluding hydrogens is 236 g/mol. The topological polar surface area (TPSA) is 52.9 Å². The molecular formula is C16H14N2O. The number of benzene rings is 2. The summed E-state index contributed by atoms with van der Waals surface area (Å²) in [6, 6.07) is 16.8. The number of carbonyl (C=O) groups excluding carboxylic acids is 1. The van der Waals surface area contributed by atoms with Crippen molar-refractivity contribution in [3.05, 3.63) is 65.2 Å². The molecule has 0 aliphatic rings. The van der Waals surface area contributed by atoms with E-state index in [0.717, 1.165) is 16.8 Å². The zero-order valence-corrected chi connectivity index (χ0v) is 10.7. The van der Waals surface area contributed by atoms with Gasteiger partial charge in [-0.2, -0.15) is 5.26 Å². The highest BCUT2D eigenvalue weighted by Crippen LogP contribution is 2.10. The third kappa shape index (κ3) is 3.68. The Kier molecular flexibility index (Phi) is 3.94. The van der Waals surface area contributed by atoms with Gasteiger partial charge >= 0.3 is 0 Å². The number of aryl methyl sites for hydroxylation is 1. The molecule has 0 aliphatic carbocycles. The predicted molar refractivity (Wildman–Crippen MR) is 74.7 cm³/mol. The molecule has 2 rings (SSSR count). The lowest BCUT2D eigenvalue weighted by Gasteiger charge is -2.05. The van der Waals surface area contributed by atoms with Crippen molar-refractivity contribution in [3.8, 4) is 6.07 Å². The van der Waals surface area contributed by atoms with Gasteiger partial charge in [0.2, 0.25) is 5.91 Å². The fraction of sp³-hybridized carbons (Fsp3) is 0.125. The number of carbonyl (C=O) groups is 1. The number of amides is 1. The molecule has 0 fully saturated rings. The summed E-state index contributed by atoms with van der Waals surface area (Å²) >= 11 is 0. The van der Waals surface area contributed by atoms with Crippen LogP contribution in [-0.2, 0) is 11.2 Å². The van der Waals surface area contributed by atoms with Crippen molar-refractivity contribution in [1.82, 2.24) is 0 Å². The molecule has 2 aromatic carbocycles. The Labute approximate surface area is 112 Å². The van der Waals surface area contributed by atoms with Gasteiger partial charge in [-0.3, -0.25) is 4.79 Å². The van der Waals surface area contributed by atoms with E-state index in [4.69, 9.17) is 5.26 Å². The van der Waals surface area contributed by atoms with Gasteiger partial charge in [0, 0.05) is 5.69 Å². The highest BCUT2D eigenvalue weighted by atomic mass is 16.1. The van der Waals surface area contributed by atoms with E-state index in [1.54, 1.807) is 24.3 Å². The monoisotopic (exact) mass is 250 g/mol. The van der Waals surface area contributed by atoms with Gasteiger partial charge in [-0.15, -0.1) is 0 Å². The molecule has 0 aliphatic heterocycles. The standard InChI is InChI=1S/C16H14N2O/c1-12-2-8-15(9-3-12)18-16(19)10-13-4-6-14(11-17)7-5-13/h2-9H,10H2,1H3,(H,18,19). The van der Waals surface area contributed by atoms with Gasteiger partial charge in [0.25, 0.3) is 0 Å². The van der Waals surface area contributed by atoms with Crippen LogP contribution in [-0.4, -0.2) is 5.91 Å². The average molecular weight is 250 g/mol. The van der Waals surface area contributed by atoms with Crippen LogP contribution >= 0.6 is 0 Å². The fourth-order valence-electron chi connectivity index (χ4n) is 1.72. The molecule has 3 nitrogen and oxygen atoms in total. The van der Waals surface area contributed by atoms with Crippen LogP contribution in [0.2, 0.25) is 0 Å². The molecule has 19 heavy (non-hydrogen) atoms. The number of anilines is 1. The Hall–Kier alpha value is -2.60. The minimum atomic E-state index is -0.0615. The van der Waals surface area contributed by atoms with Crippen LogP contribution in [0.3, 0.4) is 0 Å². The van der Waals surface area contributed by atoms with Crippen molar-refractivity contribution in [1.29, 1.82) is 5.26 Å². The summed E-state index contributed by atoms with van der Waals surface area (Å²) in [5.74, 6) is -0.0615. The number of hydrogen-bond acceptors (Lipinski definition) is 2. The normalized spacial score (nSPS) is 9.68. The highest BCUT2D eigenvalue weighted by molar-refractivity contribution is 5.92. The molecule has 1 N–H and O–H groups in total. The van der Waals surface area contributed by atoms with Crippen molar-refractivity contribution in [2.45, 2.75) is 13.3 Å². The molecule has 0 atom stereocenters. The maximum absolute atomic E-state index is 11.8. The molecule has 3 heteroatoms. The molecule has 94 valence electrons. The summed E-state index contributed by atoms with van der Waals surface area (Å²) in [6.07, 6.45) is 0.305. The molecule has 0 aromatic heterocycles. The number of rotatable bonds is 3. The second kappa shape index (κ2) is 5.83. The summed E-state index contributed by atoms with van der Waals surface area (Å²) in [6.45, 7) is 2.00. The molecule has 0 saturated carbocycles. The zero-order chi connectivity index (χ0) is 13.7. The van der Waals surface area contributed by atoms with Crippen LogP contribution in [0.5, 0.6) is 0 Å². The Morgan fingerprint density at radius 1 is 1.11 bits per heavy atom. The smallest absolute Gasteiger partial charge is 0.228 e. The van der Waals surface area contributed by atoms with E-state index in [1.165, 1.54) is 0 Å². The molecule has 0 spiro atoms. The predicted octanol–water partition coefficient (Wildman–Crippen LogP) is 3.05. The van der Waals surface area contributed by atoms with Crippen molar-refractivity contribution < 1.29 is 4.79 Å². The molecule has 0 saturated heterocycles. The Morgan fingerprint density at radius 3 is 2.32 bits per heavy atom. The molecule has 0 radical (unpaired) electrons.